The van der Waals surface area contributed by atoms with Crippen molar-refractivity contribution in [3.63, 3.8) is 0 Å². The van der Waals surface area contributed by atoms with Crippen molar-refractivity contribution in [2.45, 2.75) is 45.6 Å². The first kappa shape index (κ1) is 15.0. The van der Waals surface area contributed by atoms with Crippen molar-refractivity contribution < 1.29 is 0 Å². The van der Waals surface area contributed by atoms with Crippen LogP contribution in [0.25, 0.3) is 0 Å². The fourth-order valence-electron chi connectivity index (χ4n) is 2.46. The molecular weight excluding hydrogens is 252 g/mol. The van der Waals surface area contributed by atoms with Crippen LogP contribution in [0, 0.1) is 5.41 Å². The molecule has 19 heavy (non-hydrogen) atoms. The molecule has 0 bridgehead atoms. The van der Waals surface area contributed by atoms with E-state index in [4.69, 9.17) is 0 Å². The third-order valence-electron chi connectivity index (χ3n) is 4.22. The molecule has 0 aliphatic heterocycles. The molecule has 108 valence electrons. The average Bonchev–Trinajstić information content (AvgIpc) is 3.09. The van der Waals surface area contributed by atoms with Crippen LogP contribution in [0.15, 0.2) is 17.5 Å². The van der Waals surface area contributed by atoms with Crippen LogP contribution in [-0.4, -0.2) is 37.6 Å². The van der Waals surface area contributed by atoms with Crippen molar-refractivity contribution in [1.29, 1.82) is 0 Å². The van der Waals surface area contributed by atoms with Crippen LogP contribution in [0.4, 0.5) is 0 Å². The second-order valence-corrected chi connectivity index (χ2v) is 7.42. The summed E-state index contributed by atoms with van der Waals surface area (Å²) >= 11 is 1.87. The fraction of sp³-hybridized carbons (Fsp3) is 0.750. The lowest BCUT2D eigenvalue weighted by molar-refractivity contribution is 0.181. The van der Waals surface area contributed by atoms with Gasteiger partial charge < -0.3 is 10.2 Å². The zero-order valence-corrected chi connectivity index (χ0v) is 13.4. The van der Waals surface area contributed by atoms with Gasteiger partial charge in [-0.1, -0.05) is 19.9 Å². The van der Waals surface area contributed by atoms with Crippen LogP contribution < -0.4 is 5.32 Å². The standard InChI is InChI=1S/C16H28N2S/c1-4-16(2,12-17-14-7-8-14)13-18(3)10-9-15-6-5-11-19-15/h5-6,11,14,17H,4,7-10,12-13H2,1-3H3. The van der Waals surface area contributed by atoms with Crippen molar-refractivity contribution in [2.75, 3.05) is 26.7 Å². The zero-order valence-electron chi connectivity index (χ0n) is 12.6. The molecule has 2 nitrogen and oxygen atoms in total. The molecule has 1 heterocycles. The molecule has 3 heteroatoms. The lowest BCUT2D eigenvalue weighted by Crippen LogP contribution is -2.41. The minimum Gasteiger partial charge on any atom is -0.313 e. The number of thiophene rings is 1. The van der Waals surface area contributed by atoms with Gasteiger partial charge in [-0.2, -0.15) is 0 Å². The van der Waals surface area contributed by atoms with E-state index in [-0.39, 0.29) is 0 Å². The minimum atomic E-state index is 0.410. The maximum absolute atomic E-state index is 3.70. The molecule has 1 aliphatic carbocycles. The Bertz CT molecular complexity index is 359. The van der Waals surface area contributed by atoms with Crippen LogP contribution in [0.2, 0.25) is 0 Å². The highest BCUT2D eigenvalue weighted by atomic mass is 32.1. The van der Waals surface area contributed by atoms with Crippen molar-refractivity contribution >= 4 is 11.3 Å². The van der Waals surface area contributed by atoms with Crippen LogP contribution in [0.1, 0.15) is 38.0 Å². The normalized spacial score (nSPS) is 18.7. The van der Waals surface area contributed by atoms with Gasteiger partial charge in [0.1, 0.15) is 0 Å². The predicted molar refractivity (Wildman–Crippen MR) is 84.9 cm³/mol. The highest BCUT2D eigenvalue weighted by Gasteiger charge is 2.28. The highest BCUT2D eigenvalue weighted by molar-refractivity contribution is 7.09. The van der Waals surface area contributed by atoms with E-state index in [1.54, 1.807) is 0 Å². The Balaban J connectivity index is 1.72. The quantitative estimate of drug-likeness (QED) is 0.746. The first-order valence-electron chi connectivity index (χ1n) is 7.55. The van der Waals surface area contributed by atoms with Crippen molar-refractivity contribution in [3.05, 3.63) is 22.4 Å². The number of nitrogens with zero attached hydrogens (tertiary/aromatic N) is 1. The molecule has 1 N–H and O–H groups in total. The monoisotopic (exact) mass is 280 g/mol. The zero-order chi connectivity index (χ0) is 13.7. The molecule has 1 unspecified atom stereocenters. The topological polar surface area (TPSA) is 15.3 Å². The van der Waals surface area contributed by atoms with Gasteiger partial charge in [0.15, 0.2) is 0 Å². The molecular formula is C16H28N2S. The maximum atomic E-state index is 3.70. The third kappa shape index (κ3) is 5.25. The summed E-state index contributed by atoms with van der Waals surface area (Å²) in [5.41, 5.74) is 0.410. The molecule has 1 aliphatic rings. The molecule has 1 saturated carbocycles. The van der Waals surface area contributed by atoms with Crippen LogP contribution in [0.3, 0.4) is 0 Å². The number of likely N-dealkylation sites (N-methyl/N-ethyl adjacent to an activating group) is 1. The van der Waals surface area contributed by atoms with E-state index in [1.807, 2.05) is 11.3 Å². The van der Waals surface area contributed by atoms with E-state index >= 15 is 0 Å². The summed E-state index contributed by atoms with van der Waals surface area (Å²) in [6.07, 6.45) is 5.20. The molecule has 0 radical (unpaired) electrons. The van der Waals surface area contributed by atoms with E-state index in [0.717, 1.165) is 12.6 Å². The van der Waals surface area contributed by atoms with E-state index < -0.39 is 0 Å². The summed E-state index contributed by atoms with van der Waals surface area (Å²) in [4.78, 5) is 4.00. The molecule has 0 amide bonds. The Kier molecular flexibility index (Phi) is 5.43. The summed E-state index contributed by atoms with van der Waals surface area (Å²) in [7, 11) is 2.26. The summed E-state index contributed by atoms with van der Waals surface area (Å²) in [5.74, 6) is 0. The van der Waals surface area contributed by atoms with Gasteiger partial charge in [0, 0.05) is 30.6 Å². The lowest BCUT2D eigenvalue weighted by atomic mass is 9.86. The van der Waals surface area contributed by atoms with Gasteiger partial charge in [0.2, 0.25) is 0 Å². The van der Waals surface area contributed by atoms with Gasteiger partial charge in [-0.25, -0.2) is 0 Å². The van der Waals surface area contributed by atoms with E-state index in [9.17, 15) is 0 Å². The van der Waals surface area contributed by atoms with E-state index in [2.05, 4.69) is 48.6 Å². The Hall–Kier alpha value is -0.380. The Morgan fingerprint density at radius 1 is 1.47 bits per heavy atom. The minimum absolute atomic E-state index is 0.410. The Morgan fingerprint density at radius 2 is 2.26 bits per heavy atom. The van der Waals surface area contributed by atoms with Crippen molar-refractivity contribution in [1.82, 2.24) is 10.2 Å². The fourth-order valence-corrected chi connectivity index (χ4v) is 3.16. The molecule has 0 aromatic carbocycles. The molecule has 2 rings (SSSR count). The molecule has 1 aromatic rings. The van der Waals surface area contributed by atoms with Crippen LogP contribution in [-0.2, 0) is 6.42 Å². The Labute approximate surface area is 122 Å². The van der Waals surface area contributed by atoms with Gasteiger partial charge in [-0.3, -0.25) is 0 Å². The van der Waals surface area contributed by atoms with E-state index in [1.165, 1.54) is 43.6 Å². The molecule has 1 atom stereocenters. The number of rotatable bonds is 9. The third-order valence-corrected chi connectivity index (χ3v) is 5.16. The molecule has 0 spiro atoms. The van der Waals surface area contributed by atoms with Gasteiger partial charge in [-0.05, 0) is 49.6 Å². The van der Waals surface area contributed by atoms with Crippen molar-refractivity contribution in [2.24, 2.45) is 5.41 Å². The first-order chi connectivity index (χ1) is 9.11. The Morgan fingerprint density at radius 3 is 2.84 bits per heavy atom. The second-order valence-electron chi connectivity index (χ2n) is 6.39. The van der Waals surface area contributed by atoms with Gasteiger partial charge in [0.25, 0.3) is 0 Å². The van der Waals surface area contributed by atoms with Crippen LogP contribution in [0.5, 0.6) is 0 Å². The summed E-state index contributed by atoms with van der Waals surface area (Å²) in [6.45, 7) is 8.26. The second kappa shape index (κ2) is 6.87. The van der Waals surface area contributed by atoms with Gasteiger partial charge >= 0.3 is 0 Å². The number of nitrogens with one attached hydrogen (secondary N) is 1. The van der Waals surface area contributed by atoms with Crippen molar-refractivity contribution in [3.8, 4) is 0 Å². The largest absolute Gasteiger partial charge is 0.313 e. The lowest BCUT2D eigenvalue weighted by Gasteiger charge is -2.33. The number of hydrogen-bond donors (Lipinski definition) is 1. The summed E-state index contributed by atoms with van der Waals surface area (Å²) in [6, 6.07) is 5.21. The average molecular weight is 280 g/mol. The van der Waals surface area contributed by atoms with E-state index in [0.29, 0.717) is 5.41 Å². The summed E-state index contributed by atoms with van der Waals surface area (Å²) in [5, 5.41) is 5.87. The molecule has 1 fully saturated rings. The first-order valence-corrected chi connectivity index (χ1v) is 8.43. The highest BCUT2D eigenvalue weighted by Crippen LogP contribution is 2.25. The van der Waals surface area contributed by atoms with Gasteiger partial charge in [-0.15, -0.1) is 11.3 Å². The smallest absolute Gasteiger partial charge is 0.00684 e. The predicted octanol–water partition coefficient (Wildman–Crippen LogP) is 3.39. The SMILES string of the molecule is CCC(C)(CNC1CC1)CN(C)CCc1cccs1. The number of hydrogen-bond acceptors (Lipinski definition) is 3. The molecule has 1 aromatic heterocycles. The van der Waals surface area contributed by atoms with Crippen LogP contribution >= 0.6 is 11.3 Å². The summed E-state index contributed by atoms with van der Waals surface area (Å²) < 4.78 is 0. The van der Waals surface area contributed by atoms with Gasteiger partial charge in [0.05, 0.1) is 0 Å². The maximum Gasteiger partial charge on any atom is 0.00684 e. The molecule has 0 saturated heterocycles.